The van der Waals surface area contributed by atoms with Crippen molar-refractivity contribution in [2.45, 2.75) is 38.5 Å². The highest BCUT2D eigenvalue weighted by atomic mass is 79.9. The molecule has 282 valence electrons. The van der Waals surface area contributed by atoms with Crippen LogP contribution in [0.15, 0.2) is 191 Å². The molecule has 0 aliphatic heterocycles. The van der Waals surface area contributed by atoms with Crippen LogP contribution < -0.4 is 9.80 Å². The summed E-state index contributed by atoms with van der Waals surface area (Å²) in [4.78, 5) is 4.73. The summed E-state index contributed by atoms with van der Waals surface area (Å²) in [6.07, 6.45) is 0. The van der Waals surface area contributed by atoms with Crippen LogP contribution in [-0.4, -0.2) is 0 Å². The molecule has 0 fully saturated rings. The lowest BCUT2D eigenvalue weighted by atomic mass is 9.82. The molecule has 0 aromatic heterocycles. The Morgan fingerprint density at radius 3 is 0.966 bits per heavy atom. The average molecular weight is 879 g/mol. The Morgan fingerprint density at radius 1 is 0.310 bits per heavy atom. The molecule has 0 saturated heterocycles. The molecule has 2 aliphatic carbocycles. The fraction of sp³-hybridized carbons (Fsp3) is 0.111. The smallest absolute Gasteiger partial charge is 0.0465 e. The molecule has 8 aromatic rings. The maximum atomic E-state index is 3.66. The molecule has 0 atom stereocenters. The van der Waals surface area contributed by atoms with Gasteiger partial charge in [-0.2, -0.15) is 0 Å². The molecular weight excluding hydrogens is 836 g/mol. The number of halogens is 2. The van der Waals surface area contributed by atoms with Crippen LogP contribution in [0.3, 0.4) is 0 Å². The molecule has 10 rings (SSSR count). The lowest BCUT2D eigenvalue weighted by molar-refractivity contribution is 0.660. The van der Waals surface area contributed by atoms with Crippen molar-refractivity contribution in [2.24, 2.45) is 0 Å². The molecule has 2 nitrogen and oxygen atoms in total. The van der Waals surface area contributed by atoms with E-state index in [1.807, 2.05) is 0 Å². The van der Waals surface area contributed by atoms with Crippen molar-refractivity contribution in [1.29, 1.82) is 0 Å². The fourth-order valence-corrected chi connectivity index (χ4v) is 9.87. The monoisotopic (exact) mass is 876 g/mol. The van der Waals surface area contributed by atoms with Crippen LogP contribution >= 0.6 is 31.9 Å². The van der Waals surface area contributed by atoms with Crippen molar-refractivity contribution in [3.05, 3.63) is 213 Å². The van der Waals surface area contributed by atoms with E-state index in [2.05, 4.69) is 251 Å². The van der Waals surface area contributed by atoms with Crippen molar-refractivity contribution in [3.63, 3.8) is 0 Å². The first-order chi connectivity index (χ1) is 28.1. The van der Waals surface area contributed by atoms with Gasteiger partial charge in [-0.3, -0.25) is 0 Å². The molecule has 0 saturated carbocycles. The first-order valence-corrected chi connectivity index (χ1v) is 21.5. The van der Waals surface area contributed by atoms with Crippen LogP contribution in [-0.2, 0) is 10.8 Å². The number of hydrogen-bond acceptors (Lipinski definition) is 2. The van der Waals surface area contributed by atoms with Gasteiger partial charge >= 0.3 is 0 Å². The van der Waals surface area contributed by atoms with Crippen LogP contribution in [0.5, 0.6) is 0 Å². The van der Waals surface area contributed by atoms with Crippen LogP contribution in [0.25, 0.3) is 33.4 Å². The molecule has 58 heavy (non-hydrogen) atoms. The number of anilines is 6. The van der Waals surface area contributed by atoms with Gasteiger partial charge in [0.1, 0.15) is 0 Å². The summed E-state index contributed by atoms with van der Waals surface area (Å²) in [6, 6.07) is 66.8. The van der Waals surface area contributed by atoms with E-state index in [1.54, 1.807) is 0 Å². The second-order valence-corrected chi connectivity index (χ2v) is 18.3. The highest BCUT2D eigenvalue weighted by molar-refractivity contribution is 9.10. The van der Waals surface area contributed by atoms with Crippen molar-refractivity contribution in [1.82, 2.24) is 0 Å². The van der Waals surface area contributed by atoms with E-state index in [9.17, 15) is 0 Å². The zero-order valence-corrected chi connectivity index (χ0v) is 36.1. The topological polar surface area (TPSA) is 6.48 Å². The maximum absolute atomic E-state index is 3.66. The van der Waals surface area contributed by atoms with E-state index >= 15 is 0 Å². The van der Waals surface area contributed by atoms with Gasteiger partial charge in [-0.05, 0) is 153 Å². The van der Waals surface area contributed by atoms with Crippen molar-refractivity contribution < 1.29 is 0 Å². The van der Waals surface area contributed by atoms with Gasteiger partial charge in [-0.1, -0.05) is 144 Å². The predicted octanol–water partition coefficient (Wildman–Crippen LogP) is 16.4. The number of fused-ring (bicyclic) bond motifs is 6. The molecule has 0 N–H and O–H groups in total. The van der Waals surface area contributed by atoms with Crippen LogP contribution in [0.2, 0.25) is 0 Å². The van der Waals surface area contributed by atoms with E-state index in [0.717, 1.165) is 43.1 Å². The van der Waals surface area contributed by atoms with Crippen molar-refractivity contribution in [2.75, 3.05) is 9.80 Å². The maximum Gasteiger partial charge on any atom is 0.0465 e. The SMILES string of the molecule is CC1(C)c2ccccc2-c2ccc(N(c3ccc(Br)cc3)c3ccc(-c4ccc(N(c5ccc(Br)cc5)c5ccc6c(c5)C(C)(C)c5ccccc5-6)cc4)cc3)cc21. The lowest BCUT2D eigenvalue weighted by Gasteiger charge is -2.28. The zero-order valence-electron chi connectivity index (χ0n) is 33.0. The van der Waals surface area contributed by atoms with E-state index < -0.39 is 0 Å². The van der Waals surface area contributed by atoms with Gasteiger partial charge in [0.25, 0.3) is 0 Å². The van der Waals surface area contributed by atoms with Gasteiger partial charge in [0.2, 0.25) is 0 Å². The van der Waals surface area contributed by atoms with E-state index in [-0.39, 0.29) is 10.8 Å². The van der Waals surface area contributed by atoms with Gasteiger partial charge in [-0.25, -0.2) is 0 Å². The summed E-state index contributed by atoms with van der Waals surface area (Å²) < 4.78 is 2.12. The van der Waals surface area contributed by atoms with Crippen LogP contribution in [0.1, 0.15) is 49.9 Å². The summed E-state index contributed by atoms with van der Waals surface area (Å²) in [7, 11) is 0. The Morgan fingerprint density at radius 2 is 0.603 bits per heavy atom. The lowest BCUT2D eigenvalue weighted by Crippen LogP contribution is -2.16. The van der Waals surface area contributed by atoms with Gasteiger partial charge in [0, 0.05) is 53.9 Å². The summed E-state index contributed by atoms with van der Waals surface area (Å²) in [5.41, 5.74) is 19.7. The third-order valence-electron chi connectivity index (χ3n) is 12.4. The predicted molar refractivity (Wildman–Crippen MR) is 252 cm³/mol. The fourth-order valence-electron chi connectivity index (χ4n) is 9.34. The highest BCUT2D eigenvalue weighted by Crippen LogP contribution is 2.52. The summed E-state index contributed by atoms with van der Waals surface area (Å²) in [5.74, 6) is 0. The minimum absolute atomic E-state index is 0.0841. The highest BCUT2D eigenvalue weighted by Gasteiger charge is 2.37. The second kappa shape index (κ2) is 14.0. The first kappa shape index (κ1) is 36.6. The summed E-state index contributed by atoms with van der Waals surface area (Å²) in [6.45, 7) is 9.37. The first-order valence-electron chi connectivity index (χ1n) is 19.9. The van der Waals surface area contributed by atoms with Gasteiger partial charge in [0.15, 0.2) is 0 Å². The molecule has 4 heteroatoms. The third-order valence-corrected chi connectivity index (χ3v) is 13.5. The molecule has 0 radical (unpaired) electrons. The molecule has 0 bridgehead atoms. The molecule has 8 aromatic carbocycles. The number of nitrogens with zero attached hydrogens (tertiary/aromatic N) is 2. The number of hydrogen-bond donors (Lipinski definition) is 0. The Balaban J connectivity index is 0.992. The minimum atomic E-state index is -0.0841. The van der Waals surface area contributed by atoms with E-state index in [0.29, 0.717) is 0 Å². The molecule has 0 heterocycles. The quantitative estimate of drug-likeness (QED) is 0.157. The zero-order chi connectivity index (χ0) is 39.8. The summed E-state index contributed by atoms with van der Waals surface area (Å²) in [5, 5.41) is 0. The van der Waals surface area contributed by atoms with Gasteiger partial charge in [-0.15, -0.1) is 0 Å². The largest absolute Gasteiger partial charge is 0.310 e. The normalized spacial score (nSPS) is 14.0. The van der Waals surface area contributed by atoms with E-state index in [4.69, 9.17) is 0 Å². The molecule has 0 amide bonds. The molecule has 0 unspecified atom stereocenters. The van der Waals surface area contributed by atoms with Crippen LogP contribution in [0.4, 0.5) is 34.1 Å². The average Bonchev–Trinajstić information content (AvgIpc) is 3.62. The third kappa shape index (κ3) is 6.04. The Hall–Kier alpha value is -5.68. The Labute approximate surface area is 358 Å². The van der Waals surface area contributed by atoms with Crippen molar-refractivity contribution >= 4 is 66.0 Å². The van der Waals surface area contributed by atoms with Gasteiger partial charge < -0.3 is 9.80 Å². The molecular formula is C54H42Br2N2. The standard InChI is InChI=1S/C54H42Br2N2/c1-53(2)49-11-7-5-9-45(49)47-31-29-43(33-51(47)53)57(41-25-17-37(55)18-26-41)39-21-13-35(14-22-39)36-15-23-40(24-16-36)58(42-27-19-38(56)20-28-42)44-30-32-48-46-10-6-8-12-50(46)54(3,4)52(48)34-44/h5-34H,1-4H3. The van der Waals surface area contributed by atoms with E-state index in [1.165, 1.54) is 55.6 Å². The number of benzene rings is 8. The summed E-state index contributed by atoms with van der Waals surface area (Å²) >= 11 is 7.31. The van der Waals surface area contributed by atoms with Crippen LogP contribution in [0, 0.1) is 0 Å². The number of rotatable bonds is 7. The minimum Gasteiger partial charge on any atom is -0.310 e. The molecule has 2 aliphatic rings. The molecule has 0 spiro atoms. The Bertz CT molecular complexity index is 2640. The Kier molecular flexibility index (Phi) is 8.85. The van der Waals surface area contributed by atoms with Crippen molar-refractivity contribution in [3.8, 4) is 33.4 Å². The van der Waals surface area contributed by atoms with Gasteiger partial charge in [0.05, 0.1) is 0 Å². The second-order valence-electron chi connectivity index (χ2n) is 16.5.